The van der Waals surface area contributed by atoms with Crippen molar-refractivity contribution in [1.29, 1.82) is 0 Å². The minimum atomic E-state index is -0.342. The van der Waals surface area contributed by atoms with Crippen molar-refractivity contribution in [3.8, 4) is 39.4 Å². The van der Waals surface area contributed by atoms with E-state index in [9.17, 15) is 9.90 Å². The number of ether oxygens (including phenoxy) is 4. The summed E-state index contributed by atoms with van der Waals surface area (Å²) < 4.78 is 30.2. The summed E-state index contributed by atoms with van der Waals surface area (Å²) in [5.41, 5.74) is 4.27. The molecular formula is C32H29N5O7S. The summed E-state index contributed by atoms with van der Waals surface area (Å²) in [6.45, 7) is 1.35. The Bertz CT molecular complexity index is 1950. The van der Waals surface area contributed by atoms with E-state index in [-0.39, 0.29) is 25.2 Å². The number of nitrogens with zero attached hydrogens (tertiary/aromatic N) is 5. The zero-order chi connectivity index (χ0) is 30.9. The number of furan rings is 1. The topological polar surface area (TPSA) is 134 Å². The summed E-state index contributed by atoms with van der Waals surface area (Å²) in [4.78, 5) is 24.6. The molecule has 1 amide bonds. The normalized spacial score (nSPS) is 15.1. The van der Waals surface area contributed by atoms with Crippen LogP contribution in [0.15, 0.2) is 71.4 Å². The van der Waals surface area contributed by atoms with Crippen molar-refractivity contribution in [2.24, 2.45) is 0 Å². The van der Waals surface area contributed by atoms with Crippen molar-refractivity contribution in [2.45, 2.75) is 12.6 Å². The molecule has 0 radical (unpaired) electrons. The molecule has 0 bridgehead atoms. The molecule has 0 spiro atoms. The number of amides is 1. The van der Waals surface area contributed by atoms with Gasteiger partial charge in [-0.05, 0) is 41.7 Å². The molecule has 0 unspecified atom stereocenters. The summed E-state index contributed by atoms with van der Waals surface area (Å²) in [5, 5.41) is 15.4. The molecular weight excluding hydrogens is 598 g/mol. The Kier molecular flexibility index (Phi) is 7.79. The largest absolute Gasteiger partial charge is 0.497 e. The van der Waals surface area contributed by atoms with E-state index >= 15 is 0 Å². The fourth-order valence-corrected chi connectivity index (χ4v) is 5.97. The Balaban J connectivity index is 1.09. The molecule has 1 fully saturated rings. The number of pyridine rings is 1. The first-order chi connectivity index (χ1) is 22.0. The number of benzene rings is 2. The molecule has 1 N–H and O–H groups in total. The van der Waals surface area contributed by atoms with E-state index in [1.807, 2.05) is 36.4 Å². The van der Waals surface area contributed by atoms with Gasteiger partial charge in [-0.25, -0.2) is 9.50 Å². The van der Waals surface area contributed by atoms with Crippen LogP contribution in [0.25, 0.3) is 38.6 Å². The number of rotatable bonds is 9. The predicted molar refractivity (Wildman–Crippen MR) is 166 cm³/mol. The number of carbonyl (C=O) groups is 1. The van der Waals surface area contributed by atoms with Crippen LogP contribution in [0.4, 0.5) is 0 Å². The first-order valence-corrected chi connectivity index (χ1v) is 15.0. The van der Waals surface area contributed by atoms with Crippen molar-refractivity contribution < 1.29 is 33.3 Å². The number of hydrogen-bond acceptors (Lipinski definition) is 11. The maximum Gasteiger partial charge on any atom is 0.294 e. The molecule has 1 atom stereocenters. The average molecular weight is 628 g/mol. The van der Waals surface area contributed by atoms with E-state index in [4.69, 9.17) is 23.4 Å². The van der Waals surface area contributed by atoms with Crippen LogP contribution in [0.5, 0.6) is 16.7 Å². The van der Waals surface area contributed by atoms with Crippen LogP contribution < -0.4 is 14.2 Å². The van der Waals surface area contributed by atoms with Gasteiger partial charge in [-0.2, -0.15) is 0 Å². The zero-order valence-electron chi connectivity index (χ0n) is 24.5. The molecule has 6 aromatic rings. The van der Waals surface area contributed by atoms with Gasteiger partial charge in [0.15, 0.2) is 5.76 Å². The van der Waals surface area contributed by atoms with Crippen molar-refractivity contribution >= 4 is 33.2 Å². The number of aliphatic hydroxyl groups excluding tert-OH is 1. The second-order valence-electron chi connectivity index (χ2n) is 10.4. The molecule has 13 heteroatoms. The van der Waals surface area contributed by atoms with Crippen LogP contribution >= 0.6 is 11.3 Å². The summed E-state index contributed by atoms with van der Waals surface area (Å²) in [6.07, 6.45) is 3.49. The van der Waals surface area contributed by atoms with Gasteiger partial charge >= 0.3 is 0 Å². The lowest BCUT2D eigenvalue weighted by Crippen LogP contribution is -2.50. The maximum absolute atomic E-state index is 13.1. The SMILES string of the molecule is COc1cc(COc2ccnc(-c3ccc(C(=O)N4CCOC[C@@H]4CO)cc3)c2)c2cc(-c3cn4nc(OC)sc4n3)oc2c1. The summed E-state index contributed by atoms with van der Waals surface area (Å²) >= 11 is 1.35. The highest BCUT2D eigenvalue weighted by Crippen LogP contribution is 2.34. The first-order valence-electron chi connectivity index (χ1n) is 14.2. The molecule has 5 heterocycles. The number of aromatic nitrogens is 4. The van der Waals surface area contributed by atoms with Gasteiger partial charge in [0.1, 0.15) is 29.4 Å². The predicted octanol–water partition coefficient (Wildman–Crippen LogP) is 4.70. The summed E-state index contributed by atoms with van der Waals surface area (Å²) in [6, 6.07) is 16.3. The molecule has 0 saturated carbocycles. The van der Waals surface area contributed by atoms with Gasteiger partial charge in [-0.1, -0.05) is 12.1 Å². The smallest absolute Gasteiger partial charge is 0.294 e. The van der Waals surface area contributed by atoms with Crippen molar-refractivity contribution in [3.63, 3.8) is 0 Å². The van der Waals surface area contributed by atoms with E-state index in [0.717, 1.165) is 16.5 Å². The number of methoxy groups -OCH3 is 2. The average Bonchev–Trinajstić information content (AvgIpc) is 3.80. The second kappa shape index (κ2) is 12.2. The van der Waals surface area contributed by atoms with Crippen LogP contribution in [-0.4, -0.2) is 82.1 Å². The van der Waals surface area contributed by atoms with Crippen LogP contribution in [0.3, 0.4) is 0 Å². The van der Waals surface area contributed by atoms with Crippen LogP contribution in [0, 0.1) is 0 Å². The lowest BCUT2D eigenvalue weighted by atomic mass is 10.1. The minimum Gasteiger partial charge on any atom is -0.497 e. The van der Waals surface area contributed by atoms with Gasteiger partial charge < -0.3 is 33.4 Å². The molecule has 1 saturated heterocycles. The number of aliphatic hydroxyl groups is 1. The van der Waals surface area contributed by atoms with Crippen LogP contribution in [-0.2, 0) is 11.3 Å². The number of morpholine rings is 1. The van der Waals surface area contributed by atoms with E-state index in [1.165, 1.54) is 11.3 Å². The third-order valence-electron chi connectivity index (χ3n) is 7.64. The van der Waals surface area contributed by atoms with Crippen molar-refractivity contribution in [3.05, 3.63) is 78.1 Å². The van der Waals surface area contributed by atoms with E-state index in [0.29, 0.717) is 69.7 Å². The molecule has 7 rings (SSSR count). The Labute approximate surface area is 261 Å². The Hall–Kier alpha value is -4.98. The van der Waals surface area contributed by atoms with Crippen LogP contribution in [0.1, 0.15) is 15.9 Å². The number of carbonyl (C=O) groups excluding carboxylic acids is 1. The fourth-order valence-electron chi connectivity index (χ4n) is 5.27. The Morgan fingerprint density at radius 2 is 1.93 bits per heavy atom. The minimum absolute atomic E-state index is 0.134. The summed E-state index contributed by atoms with van der Waals surface area (Å²) in [7, 11) is 3.18. The number of fused-ring (bicyclic) bond motifs is 2. The van der Waals surface area contributed by atoms with Gasteiger partial charge in [-0.15, -0.1) is 5.10 Å². The Morgan fingerprint density at radius 3 is 2.71 bits per heavy atom. The highest BCUT2D eigenvalue weighted by atomic mass is 32.1. The molecule has 45 heavy (non-hydrogen) atoms. The molecule has 1 aliphatic heterocycles. The standard InChI is InChI=1S/C32H29N5O7S/c1-40-24-11-21(25-14-29(44-28(25)13-24)27-15-37-31(34-27)45-32(35-37)41-2)17-43-23-7-8-33-26(12-23)19-3-5-20(6-4-19)30(39)36-9-10-42-18-22(36)16-38/h3-8,11-15,22,38H,9-10,16-18H2,1-2H3/t22-/m0/s1. The van der Waals surface area contributed by atoms with Gasteiger partial charge in [0, 0.05) is 47.0 Å². The third-order valence-corrected chi connectivity index (χ3v) is 8.52. The molecule has 4 aromatic heterocycles. The van der Waals surface area contributed by atoms with E-state index < -0.39 is 0 Å². The van der Waals surface area contributed by atoms with Gasteiger partial charge in [0.25, 0.3) is 11.1 Å². The van der Waals surface area contributed by atoms with Crippen molar-refractivity contribution in [2.75, 3.05) is 40.6 Å². The van der Waals surface area contributed by atoms with Crippen molar-refractivity contribution in [1.82, 2.24) is 24.5 Å². The molecule has 230 valence electrons. The molecule has 2 aromatic carbocycles. The Morgan fingerprint density at radius 1 is 1.07 bits per heavy atom. The molecule has 12 nitrogen and oxygen atoms in total. The molecule has 1 aliphatic rings. The fraction of sp³-hybridized carbons (Fsp3) is 0.250. The number of imidazole rings is 1. The van der Waals surface area contributed by atoms with E-state index in [1.54, 1.807) is 54.2 Å². The highest BCUT2D eigenvalue weighted by Gasteiger charge is 2.27. The first kappa shape index (κ1) is 28.8. The van der Waals surface area contributed by atoms with Gasteiger partial charge in [0.2, 0.25) is 4.96 Å². The monoisotopic (exact) mass is 627 g/mol. The lowest BCUT2D eigenvalue weighted by molar-refractivity contribution is -0.0183. The third kappa shape index (κ3) is 5.68. The van der Waals surface area contributed by atoms with Gasteiger partial charge in [-0.3, -0.25) is 9.78 Å². The second-order valence-corrected chi connectivity index (χ2v) is 11.3. The lowest BCUT2D eigenvalue weighted by Gasteiger charge is -2.34. The van der Waals surface area contributed by atoms with E-state index in [2.05, 4.69) is 15.1 Å². The molecule has 0 aliphatic carbocycles. The van der Waals surface area contributed by atoms with Gasteiger partial charge in [0.05, 0.1) is 52.0 Å². The maximum atomic E-state index is 13.1. The highest BCUT2D eigenvalue weighted by molar-refractivity contribution is 7.18. The number of hydrogen-bond donors (Lipinski definition) is 1. The zero-order valence-corrected chi connectivity index (χ0v) is 25.3. The quantitative estimate of drug-likeness (QED) is 0.241. The summed E-state index contributed by atoms with van der Waals surface area (Å²) in [5.74, 6) is 1.75. The van der Waals surface area contributed by atoms with Crippen LogP contribution in [0.2, 0.25) is 0 Å².